The lowest BCUT2D eigenvalue weighted by atomic mass is 9.77. The van der Waals surface area contributed by atoms with Gasteiger partial charge in [-0.3, -0.25) is 14.7 Å². The summed E-state index contributed by atoms with van der Waals surface area (Å²) in [5, 5.41) is 7.48. The highest BCUT2D eigenvalue weighted by atomic mass is 19.1. The van der Waals surface area contributed by atoms with E-state index in [1.54, 1.807) is 0 Å². The lowest BCUT2D eigenvalue weighted by molar-refractivity contribution is -0.132. The molecule has 2 aliphatic rings. The predicted molar refractivity (Wildman–Crippen MR) is 251 cm³/mol. The maximum absolute atomic E-state index is 13.6. The van der Waals surface area contributed by atoms with E-state index in [0.717, 1.165) is 99.4 Å². The van der Waals surface area contributed by atoms with E-state index in [9.17, 15) is 9.18 Å². The van der Waals surface area contributed by atoms with Crippen LogP contribution in [0.15, 0.2) is 171 Å². The number of hydrogen-bond acceptors (Lipinski definition) is 9. The van der Waals surface area contributed by atoms with Gasteiger partial charge in [-0.1, -0.05) is 91.0 Å². The smallest absolute Gasteiger partial charge is 0.236 e. The molecule has 2 fully saturated rings. The number of rotatable bonds is 10. The summed E-state index contributed by atoms with van der Waals surface area (Å²) in [7, 11) is 0. The lowest BCUT2D eigenvalue weighted by Gasteiger charge is -2.37. The topological polar surface area (TPSA) is 109 Å². The van der Waals surface area contributed by atoms with Crippen molar-refractivity contribution in [2.75, 3.05) is 50.7 Å². The number of amides is 1. The van der Waals surface area contributed by atoms with Crippen LogP contribution in [0.3, 0.4) is 0 Å². The largest absolute Gasteiger partial charge is 0.368 e. The van der Waals surface area contributed by atoms with E-state index in [4.69, 9.17) is 15.1 Å². The number of carbonyl (C=O) groups excluding carboxylic acids is 1. The van der Waals surface area contributed by atoms with Gasteiger partial charge in [-0.05, 0) is 78.2 Å². The lowest BCUT2D eigenvalue weighted by Crippen LogP contribution is -2.51. The minimum atomic E-state index is -0.824. The summed E-state index contributed by atoms with van der Waals surface area (Å²) < 4.78 is 15.5. The van der Waals surface area contributed by atoms with E-state index in [2.05, 4.69) is 133 Å². The first kappa shape index (κ1) is 40.1. The van der Waals surface area contributed by atoms with Gasteiger partial charge in [0.1, 0.15) is 17.1 Å². The molecule has 65 heavy (non-hydrogen) atoms. The van der Waals surface area contributed by atoms with Crippen molar-refractivity contribution < 1.29 is 9.18 Å². The van der Waals surface area contributed by atoms with E-state index in [-0.39, 0.29) is 11.8 Å². The van der Waals surface area contributed by atoms with Crippen LogP contribution < -0.4 is 4.90 Å². The van der Waals surface area contributed by atoms with E-state index < -0.39 is 11.4 Å². The van der Waals surface area contributed by atoms with Crippen LogP contribution in [0.1, 0.15) is 34.9 Å². The molecule has 12 heteroatoms. The van der Waals surface area contributed by atoms with Crippen molar-refractivity contribution in [3.05, 3.63) is 199 Å². The van der Waals surface area contributed by atoms with Gasteiger partial charge in [0.25, 0.3) is 0 Å². The van der Waals surface area contributed by atoms with Gasteiger partial charge in [0.15, 0.2) is 11.6 Å². The molecule has 0 saturated carbocycles. The molecule has 1 amide bonds. The minimum Gasteiger partial charge on any atom is -0.368 e. The Bertz CT molecular complexity index is 2990. The molecule has 9 aromatic rings. The Labute approximate surface area is 375 Å². The molecule has 6 heterocycles. The first-order valence-electron chi connectivity index (χ1n) is 22.1. The van der Waals surface area contributed by atoms with Crippen LogP contribution in [0.4, 0.5) is 10.1 Å². The summed E-state index contributed by atoms with van der Waals surface area (Å²) in [6.07, 6.45) is 8.80. The summed E-state index contributed by atoms with van der Waals surface area (Å²) in [4.78, 5) is 42.9. The van der Waals surface area contributed by atoms with Crippen LogP contribution >= 0.6 is 0 Å². The first-order valence-corrected chi connectivity index (χ1v) is 22.1. The molecule has 0 unspecified atom stereocenters. The van der Waals surface area contributed by atoms with Crippen LogP contribution in [0.2, 0.25) is 0 Å². The summed E-state index contributed by atoms with van der Waals surface area (Å²) in [5.41, 5.74) is 7.96. The molecular formula is C53H45FN10O. The van der Waals surface area contributed by atoms with Crippen molar-refractivity contribution in [2.45, 2.75) is 17.9 Å². The normalized spacial score (nSPS) is 15.8. The van der Waals surface area contributed by atoms with Crippen molar-refractivity contribution in [2.24, 2.45) is 0 Å². The van der Waals surface area contributed by atoms with Gasteiger partial charge in [-0.2, -0.15) is 5.10 Å². The Morgan fingerprint density at radius 2 is 1.31 bits per heavy atom. The highest BCUT2D eigenvalue weighted by molar-refractivity contribution is 6.02. The first-order chi connectivity index (χ1) is 32.0. The van der Waals surface area contributed by atoms with E-state index >= 15 is 0 Å². The molecule has 0 N–H and O–H groups in total. The fourth-order valence-corrected chi connectivity index (χ4v) is 9.71. The maximum Gasteiger partial charge on any atom is 0.236 e. The Balaban J connectivity index is 0.855. The Hall–Kier alpha value is -7.70. The molecule has 0 spiro atoms. The van der Waals surface area contributed by atoms with Crippen molar-refractivity contribution in [1.82, 2.24) is 44.5 Å². The van der Waals surface area contributed by atoms with Crippen LogP contribution in [0, 0.1) is 5.82 Å². The summed E-state index contributed by atoms with van der Waals surface area (Å²) in [6, 6.07) is 48.2. The highest BCUT2D eigenvalue weighted by Crippen LogP contribution is 2.44. The van der Waals surface area contributed by atoms with E-state index in [1.165, 1.54) is 12.4 Å². The molecular weight excluding hydrogens is 812 g/mol. The average Bonchev–Trinajstić information content (AvgIpc) is 4.00. The second-order valence-corrected chi connectivity index (χ2v) is 16.8. The predicted octanol–water partition coefficient (Wildman–Crippen LogP) is 8.62. The molecule has 0 aliphatic carbocycles. The molecule has 11 rings (SSSR count). The van der Waals surface area contributed by atoms with Crippen LogP contribution in [-0.2, 0) is 10.3 Å². The summed E-state index contributed by atoms with van der Waals surface area (Å²) in [5.74, 6) is 1.07. The van der Waals surface area contributed by atoms with Crippen molar-refractivity contribution in [3.8, 4) is 22.6 Å². The quantitative estimate of drug-likeness (QED) is 0.125. The fraction of sp³-hybridized carbons (Fsp3) is 0.189. The van der Waals surface area contributed by atoms with E-state index in [0.29, 0.717) is 25.5 Å². The zero-order valence-electron chi connectivity index (χ0n) is 35.7. The molecule has 320 valence electrons. The minimum absolute atomic E-state index is 0.104. The Kier molecular flexibility index (Phi) is 10.6. The van der Waals surface area contributed by atoms with Gasteiger partial charge in [0.2, 0.25) is 5.91 Å². The average molecular weight is 857 g/mol. The molecule has 0 bridgehead atoms. The van der Waals surface area contributed by atoms with Crippen LogP contribution in [-0.4, -0.2) is 96.2 Å². The SMILES string of the molecule is O=C(CN1CC[C@@H](c2ncc3cc4c(cc3n2)c(-c2ccncc2)nn4C(c2ccccc2)(c2ccccc2)c2ccccc2)C1)N1CCN(c2ccc(-c3ncc(F)cn3)cc2)CC1. The number of carbonyl (C=O) groups is 1. The van der Waals surface area contributed by atoms with Crippen molar-refractivity contribution >= 4 is 33.4 Å². The standard InChI is InChI=1S/C53H45FN10O/c54-44-33-57-51(58-34-44)38-16-18-45(19-17-38)62-26-28-63(29-27-62)49(65)36-61-25-22-39(35-61)52-56-32-40-30-48-46(31-47(40)59-52)50(37-20-23-55-24-21-37)60-64(48)53(41-10-4-1-5-11-41,42-12-6-2-7-13-42)43-14-8-3-9-15-43/h1-21,23-24,30-34,39H,22,25-29,35-36H2/t39-/m1/s1. The Morgan fingerprint density at radius 1 is 0.677 bits per heavy atom. The molecule has 1 atom stereocenters. The number of halogens is 1. The molecule has 2 aliphatic heterocycles. The zero-order chi connectivity index (χ0) is 43.7. The van der Waals surface area contributed by atoms with Crippen LogP contribution in [0.5, 0.6) is 0 Å². The molecule has 4 aromatic heterocycles. The Morgan fingerprint density at radius 3 is 1.94 bits per heavy atom. The summed E-state index contributed by atoms with van der Waals surface area (Å²) >= 11 is 0. The third kappa shape index (κ3) is 7.55. The van der Waals surface area contributed by atoms with Gasteiger partial charge < -0.3 is 9.80 Å². The number of aromatic nitrogens is 7. The molecule has 2 saturated heterocycles. The van der Waals surface area contributed by atoms with Gasteiger partial charge in [0, 0.05) is 84.8 Å². The summed E-state index contributed by atoms with van der Waals surface area (Å²) in [6.45, 7) is 4.69. The number of benzene rings is 5. The third-order valence-corrected chi connectivity index (χ3v) is 13.0. The molecule has 5 aromatic carbocycles. The number of likely N-dealkylation sites (tertiary alicyclic amines) is 1. The van der Waals surface area contributed by atoms with E-state index in [1.807, 2.05) is 59.9 Å². The van der Waals surface area contributed by atoms with Crippen molar-refractivity contribution in [3.63, 3.8) is 0 Å². The number of piperazine rings is 1. The zero-order valence-corrected chi connectivity index (χ0v) is 35.7. The van der Waals surface area contributed by atoms with Gasteiger partial charge >= 0.3 is 0 Å². The fourth-order valence-electron chi connectivity index (χ4n) is 9.71. The molecule has 11 nitrogen and oxygen atoms in total. The number of fused-ring (bicyclic) bond motifs is 2. The van der Waals surface area contributed by atoms with Gasteiger partial charge in [-0.15, -0.1) is 0 Å². The number of hydrogen-bond donors (Lipinski definition) is 0. The second kappa shape index (κ2) is 17.1. The molecule has 0 radical (unpaired) electrons. The number of pyridine rings is 1. The third-order valence-electron chi connectivity index (χ3n) is 13.0. The number of nitrogens with zero attached hydrogens (tertiary/aromatic N) is 10. The van der Waals surface area contributed by atoms with Crippen LogP contribution in [0.25, 0.3) is 44.5 Å². The highest BCUT2D eigenvalue weighted by Gasteiger charge is 2.41. The van der Waals surface area contributed by atoms with Gasteiger partial charge in [0.05, 0.1) is 30.0 Å². The number of anilines is 1. The monoisotopic (exact) mass is 856 g/mol. The van der Waals surface area contributed by atoms with Gasteiger partial charge in [-0.25, -0.2) is 29.0 Å². The van der Waals surface area contributed by atoms with Crippen molar-refractivity contribution in [1.29, 1.82) is 0 Å². The maximum atomic E-state index is 13.6. The second-order valence-electron chi connectivity index (χ2n) is 16.8.